The van der Waals surface area contributed by atoms with Crippen LogP contribution in [-0.2, 0) is 11.3 Å². The SMILES string of the molecule is CCn1c(SCC(=O)Nc2ccccc2OC)nnc1[C@@H](NC(=O)c1cccc(C)c1)C(C)C. The molecule has 0 aliphatic heterocycles. The van der Waals surface area contributed by atoms with Gasteiger partial charge in [0.15, 0.2) is 11.0 Å². The fourth-order valence-corrected chi connectivity index (χ4v) is 4.35. The van der Waals surface area contributed by atoms with E-state index in [2.05, 4.69) is 20.8 Å². The number of carbonyl (C=O) groups is 2. The van der Waals surface area contributed by atoms with E-state index in [1.807, 2.05) is 62.6 Å². The van der Waals surface area contributed by atoms with Crippen LogP contribution >= 0.6 is 11.8 Å². The molecule has 0 fully saturated rings. The minimum atomic E-state index is -0.322. The van der Waals surface area contributed by atoms with Crippen molar-refractivity contribution in [2.24, 2.45) is 5.92 Å². The minimum absolute atomic E-state index is 0.0925. The van der Waals surface area contributed by atoms with Crippen LogP contribution in [0.15, 0.2) is 53.7 Å². The molecule has 34 heavy (non-hydrogen) atoms. The summed E-state index contributed by atoms with van der Waals surface area (Å²) in [6, 6.07) is 14.4. The van der Waals surface area contributed by atoms with E-state index in [1.54, 1.807) is 25.3 Å². The van der Waals surface area contributed by atoms with E-state index < -0.39 is 0 Å². The van der Waals surface area contributed by atoms with Crippen molar-refractivity contribution >= 4 is 29.3 Å². The van der Waals surface area contributed by atoms with Crippen molar-refractivity contribution in [1.82, 2.24) is 20.1 Å². The number of methoxy groups -OCH3 is 1. The van der Waals surface area contributed by atoms with Gasteiger partial charge < -0.3 is 19.9 Å². The Kier molecular flexibility index (Phi) is 8.70. The number of rotatable bonds is 10. The van der Waals surface area contributed by atoms with Crippen molar-refractivity contribution in [3.63, 3.8) is 0 Å². The third kappa shape index (κ3) is 6.17. The van der Waals surface area contributed by atoms with Crippen LogP contribution in [0.2, 0.25) is 0 Å². The molecular weight excluding hydrogens is 450 g/mol. The summed E-state index contributed by atoms with van der Waals surface area (Å²) in [6.45, 7) is 8.62. The summed E-state index contributed by atoms with van der Waals surface area (Å²) in [6.07, 6.45) is 0. The fourth-order valence-electron chi connectivity index (χ4n) is 3.54. The van der Waals surface area contributed by atoms with Crippen LogP contribution in [0.1, 0.15) is 48.6 Å². The smallest absolute Gasteiger partial charge is 0.251 e. The summed E-state index contributed by atoms with van der Waals surface area (Å²) in [4.78, 5) is 25.4. The second-order valence-electron chi connectivity index (χ2n) is 8.19. The largest absolute Gasteiger partial charge is 0.495 e. The molecule has 1 aromatic heterocycles. The van der Waals surface area contributed by atoms with Crippen LogP contribution < -0.4 is 15.4 Å². The number of thioether (sulfide) groups is 1. The van der Waals surface area contributed by atoms with Gasteiger partial charge in [0.05, 0.1) is 24.6 Å². The molecule has 0 bridgehead atoms. The number of nitrogens with one attached hydrogen (secondary N) is 2. The van der Waals surface area contributed by atoms with Crippen LogP contribution in [0.5, 0.6) is 5.75 Å². The monoisotopic (exact) mass is 481 g/mol. The molecule has 1 atom stereocenters. The van der Waals surface area contributed by atoms with Crippen molar-refractivity contribution in [2.45, 2.75) is 45.4 Å². The zero-order valence-electron chi connectivity index (χ0n) is 20.2. The number of hydrogen-bond donors (Lipinski definition) is 2. The van der Waals surface area contributed by atoms with Gasteiger partial charge in [-0.05, 0) is 44.0 Å². The van der Waals surface area contributed by atoms with Gasteiger partial charge in [0, 0.05) is 12.1 Å². The number of anilines is 1. The lowest BCUT2D eigenvalue weighted by molar-refractivity contribution is -0.113. The normalized spacial score (nSPS) is 11.8. The Hall–Kier alpha value is -3.33. The summed E-state index contributed by atoms with van der Waals surface area (Å²) in [5.74, 6) is 1.21. The highest BCUT2D eigenvalue weighted by molar-refractivity contribution is 7.99. The Morgan fingerprint density at radius 2 is 1.88 bits per heavy atom. The van der Waals surface area contributed by atoms with E-state index in [0.29, 0.717) is 34.5 Å². The number of amides is 2. The number of aromatic nitrogens is 3. The topological polar surface area (TPSA) is 98.1 Å². The highest BCUT2D eigenvalue weighted by atomic mass is 32.2. The molecule has 3 aromatic rings. The van der Waals surface area contributed by atoms with Crippen LogP contribution in [0, 0.1) is 12.8 Å². The first kappa shape index (κ1) is 25.3. The van der Waals surface area contributed by atoms with Gasteiger partial charge in [-0.3, -0.25) is 9.59 Å². The molecule has 0 spiro atoms. The number of aryl methyl sites for hydroxylation is 1. The molecular formula is C25H31N5O3S. The lowest BCUT2D eigenvalue weighted by atomic mass is 10.0. The van der Waals surface area contributed by atoms with Crippen LogP contribution in [0.25, 0.3) is 0 Å². The van der Waals surface area contributed by atoms with Gasteiger partial charge in [-0.1, -0.05) is 55.4 Å². The summed E-state index contributed by atoms with van der Waals surface area (Å²) in [5, 5.41) is 15.3. The van der Waals surface area contributed by atoms with Gasteiger partial charge in [-0.15, -0.1) is 10.2 Å². The lowest BCUT2D eigenvalue weighted by Gasteiger charge is -2.22. The number of para-hydroxylation sites is 2. The molecule has 0 aliphatic carbocycles. The molecule has 0 saturated carbocycles. The summed E-state index contributed by atoms with van der Waals surface area (Å²) < 4.78 is 7.23. The fraction of sp³-hybridized carbons (Fsp3) is 0.360. The lowest BCUT2D eigenvalue weighted by Crippen LogP contribution is -2.33. The average molecular weight is 482 g/mol. The molecule has 2 aromatic carbocycles. The van der Waals surface area contributed by atoms with E-state index in [1.165, 1.54) is 11.8 Å². The number of carbonyl (C=O) groups excluding carboxylic acids is 2. The zero-order chi connectivity index (χ0) is 24.7. The van der Waals surface area contributed by atoms with Gasteiger partial charge in [-0.25, -0.2) is 0 Å². The molecule has 0 unspecified atom stereocenters. The van der Waals surface area contributed by atoms with Gasteiger partial charge in [0.2, 0.25) is 5.91 Å². The van der Waals surface area contributed by atoms with E-state index in [0.717, 1.165) is 5.56 Å². The number of benzene rings is 2. The van der Waals surface area contributed by atoms with Crippen molar-refractivity contribution in [3.8, 4) is 5.75 Å². The van der Waals surface area contributed by atoms with Crippen LogP contribution in [-0.4, -0.2) is 39.4 Å². The Morgan fingerprint density at radius 3 is 2.56 bits per heavy atom. The van der Waals surface area contributed by atoms with Gasteiger partial charge in [0.1, 0.15) is 5.75 Å². The molecule has 2 N–H and O–H groups in total. The second-order valence-corrected chi connectivity index (χ2v) is 9.13. The Bertz CT molecular complexity index is 1150. The van der Waals surface area contributed by atoms with Crippen molar-refractivity contribution < 1.29 is 14.3 Å². The number of nitrogens with zero attached hydrogens (tertiary/aromatic N) is 3. The molecule has 9 heteroatoms. The predicted octanol–water partition coefficient (Wildman–Crippen LogP) is 4.47. The molecule has 180 valence electrons. The predicted molar refractivity (Wildman–Crippen MR) is 134 cm³/mol. The Labute approximate surface area is 204 Å². The molecule has 8 nitrogen and oxygen atoms in total. The summed E-state index contributed by atoms with van der Waals surface area (Å²) >= 11 is 1.30. The van der Waals surface area contributed by atoms with E-state index in [9.17, 15) is 9.59 Å². The number of hydrogen-bond acceptors (Lipinski definition) is 6. The van der Waals surface area contributed by atoms with Crippen LogP contribution in [0.4, 0.5) is 5.69 Å². The number of ether oxygens (including phenoxy) is 1. The minimum Gasteiger partial charge on any atom is -0.495 e. The van der Waals surface area contributed by atoms with E-state index in [-0.39, 0.29) is 29.5 Å². The molecule has 0 saturated heterocycles. The standard InChI is InChI=1S/C25H31N5O3S/c1-6-30-23(22(16(2)3)27-24(32)18-11-9-10-17(4)14-18)28-29-25(30)34-15-21(31)26-19-12-7-8-13-20(19)33-5/h7-14,16,22H,6,15H2,1-5H3,(H,26,31)(H,27,32)/t22-/m0/s1. The Balaban J connectivity index is 1.72. The first-order valence-corrected chi connectivity index (χ1v) is 12.2. The molecule has 1 heterocycles. The van der Waals surface area contributed by atoms with Gasteiger partial charge in [-0.2, -0.15) is 0 Å². The highest BCUT2D eigenvalue weighted by Gasteiger charge is 2.26. The molecule has 0 aliphatic rings. The second kappa shape index (κ2) is 11.7. The molecule has 2 amide bonds. The van der Waals surface area contributed by atoms with Crippen molar-refractivity contribution in [3.05, 3.63) is 65.5 Å². The first-order chi connectivity index (χ1) is 16.3. The molecule has 0 radical (unpaired) electrons. The zero-order valence-corrected chi connectivity index (χ0v) is 21.0. The highest BCUT2D eigenvalue weighted by Crippen LogP contribution is 2.27. The third-order valence-corrected chi connectivity index (χ3v) is 6.25. The van der Waals surface area contributed by atoms with Gasteiger partial charge >= 0.3 is 0 Å². The molecule has 3 rings (SSSR count). The first-order valence-electron chi connectivity index (χ1n) is 11.2. The van der Waals surface area contributed by atoms with E-state index >= 15 is 0 Å². The van der Waals surface area contributed by atoms with E-state index in [4.69, 9.17) is 4.74 Å². The maximum Gasteiger partial charge on any atom is 0.251 e. The average Bonchev–Trinajstić information content (AvgIpc) is 3.23. The summed E-state index contributed by atoms with van der Waals surface area (Å²) in [7, 11) is 1.56. The quantitative estimate of drug-likeness (QED) is 0.415. The Morgan fingerprint density at radius 1 is 1.12 bits per heavy atom. The van der Waals surface area contributed by atoms with Crippen molar-refractivity contribution in [2.75, 3.05) is 18.2 Å². The maximum absolute atomic E-state index is 12.9. The van der Waals surface area contributed by atoms with Crippen molar-refractivity contribution in [1.29, 1.82) is 0 Å². The van der Waals surface area contributed by atoms with Gasteiger partial charge in [0.25, 0.3) is 5.91 Å². The maximum atomic E-state index is 12.9. The van der Waals surface area contributed by atoms with Crippen LogP contribution in [0.3, 0.4) is 0 Å². The third-order valence-electron chi connectivity index (χ3n) is 5.29. The summed E-state index contributed by atoms with van der Waals surface area (Å²) in [5.41, 5.74) is 2.25.